The minimum absolute atomic E-state index is 0. The summed E-state index contributed by atoms with van der Waals surface area (Å²) in [7, 11) is 0. The standard InChI is InChI=1S/C17H24ClFN4.HI/c1-12(2)10-21-17(20)22-11-15(23-8-3-4-9-23)16-13(18)6-5-7-14(16)19;/h5-7,15H,1,3-4,8-11H2,2H3,(H3,20,21,22);1H. The third kappa shape index (κ3) is 5.89. The van der Waals surface area contributed by atoms with E-state index in [1.165, 1.54) is 6.07 Å². The van der Waals surface area contributed by atoms with Gasteiger partial charge in [0.1, 0.15) is 5.82 Å². The average Bonchev–Trinajstić information content (AvgIpc) is 3.02. The predicted molar refractivity (Wildman–Crippen MR) is 110 cm³/mol. The molecule has 0 aromatic heterocycles. The molecule has 2 rings (SSSR count). The maximum absolute atomic E-state index is 14.3. The van der Waals surface area contributed by atoms with Crippen molar-refractivity contribution >= 4 is 41.5 Å². The van der Waals surface area contributed by atoms with Crippen molar-refractivity contribution in [3.05, 3.63) is 46.8 Å². The third-order valence-electron chi connectivity index (χ3n) is 3.92. The third-order valence-corrected chi connectivity index (χ3v) is 4.25. The molecule has 0 saturated carbocycles. The molecule has 1 heterocycles. The van der Waals surface area contributed by atoms with Gasteiger partial charge >= 0.3 is 0 Å². The van der Waals surface area contributed by atoms with E-state index < -0.39 is 0 Å². The van der Waals surface area contributed by atoms with Gasteiger partial charge in [-0.25, -0.2) is 4.39 Å². The highest BCUT2D eigenvalue weighted by molar-refractivity contribution is 14.0. The lowest BCUT2D eigenvalue weighted by molar-refractivity contribution is 0.246. The number of nitrogens with one attached hydrogen (secondary N) is 1. The van der Waals surface area contributed by atoms with E-state index in [0.29, 0.717) is 29.6 Å². The number of likely N-dealkylation sites (tertiary alicyclic amines) is 1. The van der Waals surface area contributed by atoms with Crippen molar-refractivity contribution in [1.29, 1.82) is 0 Å². The summed E-state index contributed by atoms with van der Waals surface area (Å²) in [6, 6.07) is 4.58. The fourth-order valence-electron chi connectivity index (χ4n) is 2.75. The SMILES string of the molecule is C=C(C)CNC(N)=NCC(c1c(F)cccc1Cl)N1CCCC1.I. The first-order valence-corrected chi connectivity index (χ1v) is 8.23. The van der Waals surface area contributed by atoms with Crippen LogP contribution in [-0.2, 0) is 0 Å². The molecule has 7 heteroatoms. The van der Waals surface area contributed by atoms with Gasteiger partial charge in [-0.05, 0) is 45.0 Å². The minimum atomic E-state index is -0.293. The van der Waals surface area contributed by atoms with Gasteiger partial charge in [0.05, 0.1) is 12.6 Å². The topological polar surface area (TPSA) is 53.6 Å². The number of hydrogen-bond acceptors (Lipinski definition) is 2. The lowest BCUT2D eigenvalue weighted by Gasteiger charge is -2.27. The summed E-state index contributed by atoms with van der Waals surface area (Å²) in [6.07, 6.45) is 2.21. The molecule has 0 amide bonds. The van der Waals surface area contributed by atoms with E-state index in [1.807, 2.05) is 6.92 Å². The van der Waals surface area contributed by atoms with Gasteiger partial charge in [-0.15, -0.1) is 24.0 Å². The molecule has 1 aliphatic rings. The zero-order valence-electron chi connectivity index (χ0n) is 13.9. The monoisotopic (exact) mass is 466 g/mol. The molecule has 1 unspecified atom stereocenters. The second-order valence-corrected chi connectivity index (χ2v) is 6.34. The summed E-state index contributed by atoms with van der Waals surface area (Å²) in [5, 5.41) is 3.43. The second-order valence-electron chi connectivity index (χ2n) is 5.93. The smallest absolute Gasteiger partial charge is 0.188 e. The van der Waals surface area contributed by atoms with Crippen molar-refractivity contribution in [2.24, 2.45) is 10.7 Å². The van der Waals surface area contributed by atoms with Crippen molar-refractivity contribution in [2.75, 3.05) is 26.2 Å². The Hall–Kier alpha value is -0.860. The Balaban J connectivity index is 0.00000288. The molecule has 0 spiro atoms. The Labute approximate surface area is 165 Å². The number of halogens is 3. The maximum Gasteiger partial charge on any atom is 0.188 e. The van der Waals surface area contributed by atoms with Crippen LogP contribution in [0.5, 0.6) is 0 Å². The zero-order chi connectivity index (χ0) is 16.8. The van der Waals surface area contributed by atoms with E-state index in [0.717, 1.165) is 31.5 Å². The highest BCUT2D eigenvalue weighted by atomic mass is 127. The van der Waals surface area contributed by atoms with Crippen LogP contribution in [0, 0.1) is 5.82 Å². The molecule has 1 aliphatic heterocycles. The summed E-state index contributed by atoms with van der Waals surface area (Å²) in [6.45, 7) is 8.50. The first-order valence-electron chi connectivity index (χ1n) is 7.85. The van der Waals surface area contributed by atoms with Crippen LogP contribution in [0.1, 0.15) is 31.4 Å². The van der Waals surface area contributed by atoms with E-state index in [9.17, 15) is 4.39 Å². The van der Waals surface area contributed by atoms with Gasteiger partial charge in [-0.2, -0.15) is 0 Å². The zero-order valence-corrected chi connectivity index (χ0v) is 17.0. The van der Waals surface area contributed by atoms with Gasteiger partial charge in [0.15, 0.2) is 5.96 Å². The van der Waals surface area contributed by atoms with Gasteiger partial charge in [0, 0.05) is 17.1 Å². The molecule has 1 aromatic carbocycles. The molecule has 0 bridgehead atoms. The van der Waals surface area contributed by atoms with E-state index in [2.05, 4.69) is 21.8 Å². The van der Waals surface area contributed by atoms with Gasteiger partial charge < -0.3 is 11.1 Å². The molecule has 1 fully saturated rings. The Morgan fingerprint density at radius 3 is 2.71 bits per heavy atom. The van der Waals surface area contributed by atoms with E-state index in [4.69, 9.17) is 17.3 Å². The molecule has 0 aliphatic carbocycles. The predicted octanol–water partition coefficient (Wildman–Crippen LogP) is 3.71. The van der Waals surface area contributed by atoms with Crippen LogP contribution in [0.15, 0.2) is 35.3 Å². The highest BCUT2D eigenvalue weighted by Gasteiger charge is 2.27. The summed E-state index contributed by atoms with van der Waals surface area (Å²) in [5.41, 5.74) is 7.35. The second kappa shape index (κ2) is 10.2. The molecular weight excluding hydrogens is 442 g/mol. The van der Waals surface area contributed by atoms with E-state index >= 15 is 0 Å². The van der Waals surface area contributed by atoms with E-state index in [-0.39, 0.29) is 35.8 Å². The first-order chi connectivity index (χ1) is 11.0. The highest BCUT2D eigenvalue weighted by Crippen LogP contribution is 2.32. The van der Waals surface area contributed by atoms with Crippen molar-refractivity contribution in [1.82, 2.24) is 10.2 Å². The van der Waals surface area contributed by atoms with Gasteiger partial charge in [0.25, 0.3) is 0 Å². The number of hydrogen-bond donors (Lipinski definition) is 2. The van der Waals surface area contributed by atoms with Gasteiger partial charge in [0.2, 0.25) is 0 Å². The number of benzene rings is 1. The molecule has 1 saturated heterocycles. The Bertz CT molecular complexity index is 568. The minimum Gasteiger partial charge on any atom is -0.370 e. The Kier molecular flexibility index (Phi) is 9.01. The number of guanidine groups is 1. The largest absolute Gasteiger partial charge is 0.370 e. The summed E-state index contributed by atoms with van der Waals surface area (Å²) < 4.78 is 14.3. The molecule has 0 radical (unpaired) electrons. The number of nitrogens with zero attached hydrogens (tertiary/aromatic N) is 2. The van der Waals surface area contributed by atoms with Crippen LogP contribution in [-0.4, -0.2) is 37.0 Å². The van der Waals surface area contributed by atoms with Gasteiger partial charge in [-0.3, -0.25) is 9.89 Å². The van der Waals surface area contributed by atoms with Crippen LogP contribution < -0.4 is 11.1 Å². The van der Waals surface area contributed by atoms with Crippen molar-refractivity contribution < 1.29 is 4.39 Å². The Morgan fingerprint density at radius 2 is 2.12 bits per heavy atom. The molecule has 3 N–H and O–H groups in total. The number of rotatable bonds is 6. The first kappa shape index (κ1) is 21.2. The lowest BCUT2D eigenvalue weighted by atomic mass is 10.0. The maximum atomic E-state index is 14.3. The normalized spacial score (nSPS) is 16.5. The molecular formula is C17H25ClFIN4. The molecule has 1 aromatic rings. The average molecular weight is 467 g/mol. The molecule has 4 nitrogen and oxygen atoms in total. The fraction of sp³-hybridized carbons (Fsp3) is 0.471. The number of nitrogens with two attached hydrogens (primary N) is 1. The van der Waals surface area contributed by atoms with Crippen molar-refractivity contribution in [3.63, 3.8) is 0 Å². The summed E-state index contributed by atoms with van der Waals surface area (Å²) in [4.78, 5) is 6.60. The number of aliphatic imine (C=N–C) groups is 1. The fourth-order valence-corrected chi connectivity index (χ4v) is 3.04. The van der Waals surface area contributed by atoms with Crippen LogP contribution in [0.3, 0.4) is 0 Å². The van der Waals surface area contributed by atoms with Crippen molar-refractivity contribution in [3.8, 4) is 0 Å². The van der Waals surface area contributed by atoms with Crippen LogP contribution in [0.25, 0.3) is 0 Å². The lowest BCUT2D eigenvalue weighted by Crippen LogP contribution is -2.35. The van der Waals surface area contributed by atoms with Crippen LogP contribution in [0.4, 0.5) is 4.39 Å². The summed E-state index contributed by atoms with van der Waals surface area (Å²) >= 11 is 6.25. The summed E-state index contributed by atoms with van der Waals surface area (Å²) in [5.74, 6) is 0.0442. The van der Waals surface area contributed by atoms with E-state index in [1.54, 1.807) is 12.1 Å². The molecule has 1 atom stereocenters. The Morgan fingerprint density at radius 1 is 1.46 bits per heavy atom. The van der Waals surface area contributed by atoms with Crippen LogP contribution in [0.2, 0.25) is 5.02 Å². The van der Waals surface area contributed by atoms with Crippen molar-refractivity contribution in [2.45, 2.75) is 25.8 Å². The van der Waals surface area contributed by atoms with Gasteiger partial charge in [-0.1, -0.05) is 29.8 Å². The molecule has 24 heavy (non-hydrogen) atoms. The molecule has 134 valence electrons. The quantitative estimate of drug-likeness (QED) is 0.291. The van der Waals surface area contributed by atoms with Crippen LogP contribution >= 0.6 is 35.6 Å².